The predicted molar refractivity (Wildman–Crippen MR) is 127 cm³/mol. The van der Waals surface area contributed by atoms with Crippen molar-refractivity contribution in [1.82, 2.24) is 4.90 Å². The average molecular weight is 500 g/mol. The molecular weight excluding hydrogens is 454 g/mol. The van der Waals surface area contributed by atoms with Gasteiger partial charge in [0, 0.05) is 71.7 Å². The Hall–Kier alpha value is -0.360. The second-order valence-electron chi connectivity index (χ2n) is 12.0. The molecule has 12 unspecified atom stereocenters. The Morgan fingerprint density at radius 2 is 1.60 bits per heavy atom. The zero-order chi connectivity index (χ0) is 25.4. The maximum absolute atomic E-state index is 13.1. The maximum Gasteiger partial charge on any atom is 0.136 e. The molecule has 202 valence electrons. The lowest BCUT2D eigenvalue weighted by Gasteiger charge is -2.67. The smallest absolute Gasteiger partial charge is 0.136 e. The van der Waals surface area contributed by atoms with Gasteiger partial charge in [-0.25, -0.2) is 0 Å². The Morgan fingerprint density at radius 1 is 0.886 bits per heavy atom. The van der Waals surface area contributed by atoms with Crippen LogP contribution in [0, 0.1) is 23.2 Å². The van der Waals surface area contributed by atoms with Gasteiger partial charge in [0.15, 0.2) is 0 Å². The molecule has 0 aromatic rings. The van der Waals surface area contributed by atoms with Crippen LogP contribution in [0.25, 0.3) is 0 Å². The number of hydrogen-bond donors (Lipinski definition) is 3. The molecule has 5 aliphatic rings. The third-order valence-electron chi connectivity index (χ3n) is 10.8. The van der Waals surface area contributed by atoms with E-state index < -0.39 is 46.9 Å². The minimum Gasteiger partial charge on any atom is -0.389 e. The van der Waals surface area contributed by atoms with Crippen molar-refractivity contribution >= 4 is 0 Å². The number of hydrogen-bond acceptors (Lipinski definition) is 9. The molecule has 35 heavy (non-hydrogen) atoms. The van der Waals surface area contributed by atoms with E-state index in [4.69, 9.17) is 23.7 Å². The van der Waals surface area contributed by atoms with Gasteiger partial charge in [0.1, 0.15) is 11.2 Å². The van der Waals surface area contributed by atoms with Gasteiger partial charge in [0.25, 0.3) is 0 Å². The van der Waals surface area contributed by atoms with Gasteiger partial charge in [-0.15, -0.1) is 0 Å². The Kier molecular flexibility index (Phi) is 6.64. The molecule has 0 spiro atoms. The number of fused-ring (bicyclic) bond motifs is 5. The Labute approximate surface area is 209 Å². The first-order valence-electron chi connectivity index (χ1n) is 13.2. The van der Waals surface area contributed by atoms with E-state index in [2.05, 4.69) is 11.8 Å². The Bertz CT molecular complexity index is 801. The standard InChI is InChI=1S/C26H45NO8/c1-7-27-13-23(14-31-2)9-8-16(32-3)19-22(27)26(30,18(12-23)34-5)25(29)11-17(33-4)15-10-24(19,28)21(25)20(15)35-6/h15-22,28-30H,7-14H2,1-6H3. The predicted octanol–water partition coefficient (Wildman–Crippen LogP) is 0.430. The fraction of sp³-hybridized carbons (Fsp3) is 1.00. The van der Waals surface area contributed by atoms with E-state index in [1.165, 1.54) is 0 Å². The fourth-order valence-electron chi connectivity index (χ4n) is 9.66. The third kappa shape index (κ3) is 3.20. The highest BCUT2D eigenvalue weighted by Gasteiger charge is 2.83. The number of likely N-dealkylation sites (N-methyl/N-ethyl adjacent to an activating group) is 1. The number of aliphatic hydroxyl groups is 3. The topological polar surface area (TPSA) is 110 Å². The summed E-state index contributed by atoms with van der Waals surface area (Å²) in [6.07, 6.45) is 0.950. The fourth-order valence-corrected chi connectivity index (χ4v) is 9.66. The lowest BCUT2D eigenvalue weighted by molar-refractivity contribution is -0.347. The molecule has 0 radical (unpaired) electrons. The largest absolute Gasteiger partial charge is 0.389 e. The summed E-state index contributed by atoms with van der Waals surface area (Å²) in [4.78, 5) is 2.26. The Morgan fingerprint density at radius 3 is 2.17 bits per heavy atom. The van der Waals surface area contributed by atoms with Gasteiger partial charge < -0.3 is 39.0 Å². The second kappa shape index (κ2) is 8.85. The highest BCUT2D eigenvalue weighted by molar-refractivity contribution is 5.34. The monoisotopic (exact) mass is 499 g/mol. The van der Waals surface area contributed by atoms with Gasteiger partial charge >= 0.3 is 0 Å². The van der Waals surface area contributed by atoms with Gasteiger partial charge in [-0.1, -0.05) is 6.92 Å². The SMILES string of the molecule is CCN1CC2(COC)CCC(OC)C3C1C(O)(C(OC)C2)C1(O)CC(OC)C2CC3(O)C1C2OC. The molecule has 0 aromatic heterocycles. The molecule has 5 rings (SSSR count). The first-order chi connectivity index (χ1) is 16.6. The van der Waals surface area contributed by atoms with Crippen molar-refractivity contribution < 1.29 is 39.0 Å². The summed E-state index contributed by atoms with van der Waals surface area (Å²) in [5, 5.41) is 38.6. The summed E-state index contributed by atoms with van der Waals surface area (Å²) < 4.78 is 29.9. The minimum atomic E-state index is -1.68. The normalized spacial score (nSPS) is 55.5. The summed E-state index contributed by atoms with van der Waals surface area (Å²) in [6, 6.07) is -0.570. The van der Waals surface area contributed by atoms with Crippen LogP contribution in [0.4, 0.5) is 0 Å². The van der Waals surface area contributed by atoms with E-state index in [-0.39, 0.29) is 30.0 Å². The lowest BCUT2D eigenvalue weighted by atomic mass is 9.48. The van der Waals surface area contributed by atoms with Crippen LogP contribution in [0.15, 0.2) is 0 Å². The van der Waals surface area contributed by atoms with E-state index >= 15 is 0 Å². The molecule has 2 heterocycles. The van der Waals surface area contributed by atoms with Crippen LogP contribution in [-0.2, 0) is 23.7 Å². The number of nitrogens with zero attached hydrogens (tertiary/aromatic N) is 1. The van der Waals surface area contributed by atoms with E-state index in [9.17, 15) is 15.3 Å². The summed E-state index contributed by atoms with van der Waals surface area (Å²) in [6.45, 7) is 3.94. The van der Waals surface area contributed by atoms with E-state index in [1.54, 1.807) is 35.5 Å². The second-order valence-corrected chi connectivity index (χ2v) is 12.0. The molecule has 2 saturated heterocycles. The third-order valence-corrected chi connectivity index (χ3v) is 10.8. The molecule has 12 atom stereocenters. The molecule has 4 bridgehead atoms. The van der Waals surface area contributed by atoms with Gasteiger partial charge in [0.2, 0.25) is 0 Å². The number of rotatable bonds is 7. The van der Waals surface area contributed by atoms with E-state index in [0.717, 1.165) is 12.8 Å². The molecule has 9 nitrogen and oxygen atoms in total. The van der Waals surface area contributed by atoms with Gasteiger partial charge in [-0.3, -0.25) is 4.90 Å². The van der Waals surface area contributed by atoms with Crippen LogP contribution in [0.5, 0.6) is 0 Å². The summed E-state index contributed by atoms with van der Waals surface area (Å²) in [5.41, 5.74) is -4.94. The number of methoxy groups -OCH3 is 5. The van der Waals surface area contributed by atoms with Crippen molar-refractivity contribution in [3.05, 3.63) is 0 Å². The molecule has 9 heteroatoms. The van der Waals surface area contributed by atoms with E-state index in [1.807, 2.05) is 0 Å². The zero-order valence-corrected chi connectivity index (χ0v) is 22.1. The van der Waals surface area contributed by atoms with Crippen molar-refractivity contribution in [2.45, 2.75) is 86.3 Å². The zero-order valence-electron chi connectivity index (χ0n) is 22.1. The van der Waals surface area contributed by atoms with Crippen LogP contribution < -0.4 is 0 Å². The van der Waals surface area contributed by atoms with Crippen LogP contribution in [0.3, 0.4) is 0 Å². The van der Waals surface area contributed by atoms with Gasteiger partial charge in [-0.05, 0) is 32.2 Å². The average Bonchev–Trinajstić information content (AvgIpc) is 3.07. The quantitative estimate of drug-likeness (QED) is 0.459. The lowest BCUT2D eigenvalue weighted by Crippen LogP contribution is -2.85. The van der Waals surface area contributed by atoms with E-state index in [0.29, 0.717) is 32.5 Å². The van der Waals surface area contributed by atoms with Crippen LogP contribution in [-0.4, -0.2) is 123 Å². The van der Waals surface area contributed by atoms with Crippen LogP contribution in [0.2, 0.25) is 0 Å². The number of ether oxygens (including phenoxy) is 5. The molecular formula is C26H45NO8. The molecule has 0 aromatic carbocycles. The molecule has 0 amide bonds. The first kappa shape index (κ1) is 26.3. The molecule has 3 N–H and O–H groups in total. The highest BCUT2D eigenvalue weighted by Crippen LogP contribution is 2.68. The van der Waals surface area contributed by atoms with Crippen molar-refractivity contribution in [3.63, 3.8) is 0 Å². The first-order valence-corrected chi connectivity index (χ1v) is 13.2. The summed E-state index contributed by atoms with van der Waals surface area (Å²) in [7, 11) is 8.28. The Balaban J connectivity index is 1.81. The van der Waals surface area contributed by atoms with Gasteiger partial charge in [-0.2, -0.15) is 0 Å². The van der Waals surface area contributed by atoms with Crippen molar-refractivity contribution in [3.8, 4) is 0 Å². The van der Waals surface area contributed by atoms with Crippen molar-refractivity contribution in [2.24, 2.45) is 23.2 Å². The van der Waals surface area contributed by atoms with Crippen LogP contribution >= 0.6 is 0 Å². The van der Waals surface area contributed by atoms with Crippen molar-refractivity contribution in [1.29, 1.82) is 0 Å². The molecule has 5 fully saturated rings. The molecule has 3 aliphatic carbocycles. The molecule has 3 saturated carbocycles. The minimum absolute atomic E-state index is 0.0854. The molecule has 2 aliphatic heterocycles. The van der Waals surface area contributed by atoms with Crippen LogP contribution in [0.1, 0.15) is 39.0 Å². The van der Waals surface area contributed by atoms with Crippen molar-refractivity contribution in [2.75, 3.05) is 55.2 Å². The summed E-state index contributed by atoms with van der Waals surface area (Å²) in [5.74, 6) is -1.21. The van der Waals surface area contributed by atoms with Gasteiger partial charge in [0.05, 0.1) is 42.7 Å². The maximum atomic E-state index is 13.1. The summed E-state index contributed by atoms with van der Waals surface area (Å²) >= 11 is 0. The highest BCUT2D eigenvalue weighted by atomic mass is 16.5.